The zero-order valence-electron chi connectivity index (χ0n) is 24.8. The highest BCUT2D eigenvalue weighted by Gasteiger charge is 2.58. The van der Waals surface area contributed by atoms with Gasteiger partial charge in [-0.25, -0.2) is 4.98 Å². The van der Waals surface area contributed by atoms with Crippen LogP contribution in [0.3, 0.4) is 0 Å². The van der Waals surface area contributed by atoms with Crippen molar-refractivity contribution in [2.45, 2.75) is 68.2 Å². The third-order valence-corrected chi connectivity index (χ3v) is 8.34. The second-order valence-electron chi connectivity index (χ2n) is 12.1. The van der Waals surface area contributed by atoms with Crippen LogP contribution in [0.15, 0.2) is 48.5 Å². The van der Waals surface area contributed by atoms with E-state index in [1.165, 1.54) is 25.1 Å². The molecule has 2 saturated carbocycles. The first-order chi connectivity index (χ1) is 22.0. The number of primary amides is 1. The number of aliphatic hydroxyl groups is 1. The molecule has 9 nitrogen and oxygen atoms in total. The second-order valence-corrected chi connectivity index (χ2v) is 12.1. The number of nitrogens with two attached hydrogens (primary N) is 1. The molecular weight excluding hydrogens is 636 g/mol. The Kier molecular flexibility index (Phi) is 7.80. The zero-order valence-corrected chi connectivity index (χ0v) is 24.8. The molecule has 2 amide bonds. The number of hydrogen-bond donors (Lipinski definition) is 3. The van der Waals surface area contributed by atoms with Gasteiger partial charge in [-0.2, -0.15) is 26.3 Å². The standard InChI is InChI=1S/C32H29F6N3O6/c1-29(28(39)43)15-45-26-21(29)13-24(41-25(26)16-2-5-18(6-3-16)31(33,34)35)30(44,32(36,37)38)14-40-27(42)17-4-11-22(46-19-7-8-19)23(12-17)47-20-9-10-20/h2-6,11-13,19-20,44H,7-10,14-15H2,1H3,(H2,39,43)(H,40,42)/t29-,30-/m0/s1. The summed E-state index contributed by atoms with van der Waals surface area (Å²) >= 11 is 0. The number of aromatic nitrogens is 1. The van der Waals surface area contributed by atoms with Gasteiger partial charge < -0.3 is 30.4 Å². The number of amides is 2. The molecular formula is C32H29F6N3O6. The molecule has 2 aromatic carbocycles. The second kappa shape index (κ2) is 11.3. The molecule has 250 valence electrons. The monoisotopic (exact) mass is 665 g/mol. The van der Waals surface area contributed by atoms with E-state index < -0.39 is 59.6 Å². The van der Waals surface area contributed by atoms with Gasteiger partial charge in [0.25, 0.3) is 5.91 Å². The van der Waals surface area contributed by atoms with Gasteiger partial charge in [-0.15, -0.1) is 0 Å². The molecule has 0 unspecified atom stereocenters. The minimum atomic E-state index is -5.44. The largest absolute Gasteiger partial charge is 0.489 e. The molecule has 1 aliphatic heterocycles. The fraction of sp³-hybridized carbons (Fsp3) is 0.406. The molecule has 3 aliphatic rings. The fourth-order valence-electron chi connectivity index (χ4n) is 5.03. The highest BCUT2D eigenvalue weighted by atomic mass is 19.4. The molecule has 15 heteroatoms. The normalized spacial score (nSPS) is 20.5. The third kappa shape index (κ3) is 6.27. The Bertz CT molecular complexity index is 1720. The molecule has 47 heavy (non-hydrogen) atoms. The summed E-state index contributed by atoms with van der Waals surface area (Å²) in [5.41, 5.74) is -2.67. The van der Waals surface area contributed by atoms with Crippen LogP contribution in [0, 0.1) is 0 Å². The van der Waals surface area contributed by atoms with Crippen LogP contribution in [0.2, 0.25) is 0 Å². The predicted molar refractivity (Wildman–Crippen MR) is 153 cm³/mol. The highest BCUT2D eigenvalue weighted by molar-refractivity contribution is 5.95. The number of carbonyl (C=O) groups excluding carboxylic acids is 2. The Hall–Kier alpha value is -4.53. The Morgan fingerprint density at radius 3 is 2.15 bits per heavy atom. The molecule has 3 aromatic rings. The van der Waals surface area contributed by atoms with Crippen LogP contribution in [-0.4, -0.2) is 53.4 Å². The van der Waals surface area contributed by atoms with E-state index in [1.807, 2.05) is 0 Å². The van der Waals surface area contributed by atoms with E-state index in [1.54, 1.807) is 0 Å². The summed E-state index contributed by atoms with van der Waals surface area (Å²) in [6.45, 7) is -0.502. The third-order valence-electron chi connectivity index (χ3n) is 8.34. The van der Waals surface area contributed by atoms with Gasteiger partial charge in [-0.3, -0.25) is 9.59 Å². The summed E-state index contributed by atoms with van der Waals surface area (Å²) < 4.78 is 101. The van der Waals surface area contributed by atoms with Gasteiger partial charge in [-0.05, 0) is 69.0 Å². The SMILES string of the molecule is C[C@]1(C(N)=O)COc2c1cc([C@@](O)(CNC(=O)c1ccc(OC3CC3)c(OC3CC3)c1)C(F)(F)F)nc2-c1ccc(C(F)(F)F)cc1. The van der Waals surface area contributed by atoms with Crippen LogP contribution in [0.4, 0.5) is 26.3 Å². The van der Waals surface area contributed by atoms with E-state index in [0.717, 1.165) is 43.9 Å². The summed E-state index contributed by atoms with van der Waals surface area (Å²) in [7, 11) is 0. The number of alkyl halides is 6. The van der Waals surface area contributed by atoms with Crippen LogP contribution in [0.25, 0.3) is 11.3 Å². The van der Waals surface area contributed by atoms with E-state index >= 15 is 0 Å². The summed E-state index contributed by atoms with van der Waals surface area (Å²) in [6.07, 6.45) is -6.84. The van der Waals surface area contributed by atoms with Gasteiger partial charge in [0.2, 0.25) is 11.5 Å². The topological polar surface area (TPSA) is 133 Å². The maximum Gasteiger partial charge on any atom is 0.424 e. The lowest BCUT2D eigenvalue weighted by Gasteiger charge is -2.31. The minimum absolute atomic E-state index is 0.0205. The van der Waals surface area contributed by atoms with E-state index in [4.69, 9.17) is 19.9 Å². The molecule has 0 saturated heterocycles. The first-order valence-corrected chi connectivity index (χ1v) is 14.7. The maximum absolute atomic E-state index is 14.7. The number of hydrogen-bond acceptors (Lipinski definition) is 7. The Labute approximate surface area is 264 Å². The molecule has 2 heterocycles. The molecule has 0 radical (unpaired) electrons. The highest BCUT2D eigenvalue weighted by Crippen LogP contribution is 2.48. The van der Waals surface area contributed by atoms with Crippen molar-refractivity contribution in [1.82, 2.24) is 10.3 Å². The molecule has 6 rings (SSSR count). The van der Waals surface area contributed by atoms with Crippen molar-refractivity contribution < 1.29 is 55.2 Å². The zero-order chi connectivity index (χ0) is 33.9. The van der Waals surface area contributed by atoms with Gasteiger partial charge in [0.05, 0.1) is 30.0 Å². The molecule has 2 aliphatic carbocycles. The molecule has 4 N–H and O–H groups in total. The Morgan fingerprint density at radius 1 is 0.979 bits per heavy atom. The van der Waals surface area contributed by atoms with Crippen molar-refractivity contribution >= 4 is 11.8 Å². The number of benzene rings is 2. The van der Waals surface area contributed by atoms with Crippen molar-refractivity contribution in [2.24, 2.45) is 5.73 Å². The molecule has 2 atom stereocenters. The van der Waals surface area contributed by atoms with Gasteiger partial charge in [0.1, 0.15) is 23.5 Å². The van der Waals surface area contributed by atoms with Gasteiger partial charge in [-0.1, -0.05) is 12.1 Å². The van der Waals surface area contributed by atoms with E-state index in [9.17, 15) is 41.0 Å². The van der Waals surface area contributed by atoms with E-state index in [0.29, 0.717) is 17.9 Å². The number of carbonyl (C=O) groups is 2. The van der Waals surface area contributed by atoms with Crippen LogP contribution in [0.1, 0.15) is 59.8 Å². The van der Waals surface area contributed by atoms with Crippen molar-refractivity contribution in [2.75, 3.05) is 13.2 Å². The number of pyridine rings is 1. The number of rotatable bonds is 10. The van der Waals surface area contributed by atoms with Gasteiger partial charge >= 0.3 is 12.4 Å². The molecule has 0 spiro atoms. The number of halogens is 6. The Morgan fingerprint density at radius 2 is 1.60 bits per heavy atom. The number of ether oxygens (including phenoxy) is 3. The van der Waals surface area contributed by atoms with Gasteiger partial charge in [0.15, 0.2) is 11.5 Å². The number of nitrogens with zero attached hydrogens (tertiary/aromatic N) is 1. The first kappa shape index (κ1) is 32.4. The Balaban J connectivity index is 1.36. The van der Waals surface area contributed by atoms with Crippen molar-refractivity contribution in [3.8, 4) is 28.5 Å². The smallest absolute Gasteiger partial charge is 0.424 e. The average molecular weight is 666 g/mol. The van der Waals surface area contributed by atoms with Crippen molar-refractivity contribution in [3.63, 3.8) is 0 Å². The van der Waals surface area contributed by atoms with E-state index in [2.05, 4.69) is 10.3 Å². The lowest BCUT2D eigenvalue weighted by molar-refractivity contribution is -0.265. The first-order valence-electron chi connectivity index (χ1n) is 14.7. The summed E-state index contributed by atoms with van der Waals surface area (Å²) in [5.74, 6) is -1.44. The maximum atomic E-state index is 14.7. The van der Waals surface area contributed by atoms with E-state index in [-0.39, 0.29) is 46.1 Å². The van der Waals surface area contributed by atoms with Crippen LogP contribution < -0.4 is 25.3 Å². The number of fused-ring (bicyclic) bond motifs is 1. The molecule has 1 aromatic heterocycles. The van der Waals surface area contributed by atoms with Crippen LogP contribution in [0.5, 0.6) is 17.2 Å². The lowest BCUT2D eigenvalue weighted by Crippen LogP contribution is -2.51. The summed E-state index contributed by atoms with van der Waals surface area (Å²) in [5, 5.41) is 13.4. The van der Waals surface area contributed by atoms with Crippen LogP contribution >= 0.6 is 0 Å². The summed E-state index contributed by atoms with van der Waals surface area (Å²) in [4.78, 5) is 29.6. The quantitative estimate of drug-likeness (QED) is 0.255. The fourth-order valence-corrected chi connectivity index (χ4v) is 5.03. The van der Waals surface area contributed by atoms with Crippen LogP contribution in [-0.2, 0) is 22.0 Å². The lowest BCUT2D eigenvalue weighted by atomic mass is 9.81. The minimum Gasteiger partial charge on any atom is -0.489 e. The van der Waals surface area contributed by atoms with Crippen molar-refractivity contribution in [1.29, 1.82) is 0 Å². The molecule has 2 fully saturated rings. The van der Waals surface area contributed by atoms with Crippen molar-refractivity contribution in [3.05, 3.63) is 70.9 Å². The summed E-state index contributed by atoms with van der Waals surface area (Å²) in [6, 6.07) is 8.37. The predicted octanol–water partition coefficient (Wildman–Crippen LogP) is 5.17. The average Bonchev–Trinajstić information content (AvgIpc) is 3.95. The molecule has 0 bridgehead atoms. The number of nitrogens with one attached hydrogen (secondary N) is 1. The van der Waals surface area contributed by atoms with Gasteiger partial charge in [0, 0.05) is 16.7 Å².